The van der Waals surface area contributed by atoms with Gasteiger partial charge in [0.15, 0.2) is 0 Å². The van der Waals surface area contributed by atoms with E-state index in [1.54, 1.807) is 6.08 Å². The summed E-state index contributed by atoms with van der Waals surface area (Å²) < 4.78 is 23.7. The molecule has 3 N–H and O–H groups in total. The fraction of sp³-hybridized carbons (Fsp3) is 0.712. The van der Waals surface area contributed by atoms with E-state index in [1.165, 1.54) is 116 Å². The minimum Gasteiger partial charge on any atom is -0.387 e. The number of allylic oxidation sites excluding steroid dienone is 15. The third-order valence-corrected chi connectivity index (χ3v) is 12.7. The van der Waals surface area contributed by atoms with Crippen molar-refractivity contribution < 1.29 is 32.9 Å². The van der Waals surface area contributed by atoms with Crippen LogP contribution in [0.4, 0.5) is 0 Å². The quantitative estimate of drug-likeness (QED) is 0.0243. The number of phosphoric ester groups is 1. The number of aliphatic hydroxyl groups excluding tert-OH is 1. The van der Waals surface area contributed by atoms with Crippen molar-refractivity contribution in [1.29, 1.82) is 0 Å². The van der Waals surface area contributed by atoms with E-state index in [0.29, 0.717) is 17.4 Å². The Morgan fingerprint density at radius 2 is 0.897 bits per heavy atom. The number of rotatable bonds is 49. The second-order valence-corrected chi connectivity index (χ2v) is 21.0. The smallest absolute Gasteiger partial charge is 0.387 e. The SMILES string of the molecule is CC/C=C\C/C=C\C/C=C\C/C=C\C/C=C\CCCCCCCCCCCC(=O)NC(COP(=O)(O)OCC[N+](C)(C)C)C(O)/C=C/CC/C=C/CC/C=C/CCCCCCCCCCCCC. The lowest BCUT2D eigenvalue weighted by atomic mass is 10.1. The van der Waals surface area contributed by atoms with Gasteiger partial charge in [0, 0.05) is 6.42 Å². The average Bonchev–Trinajstić information content (AvgIpc) is 3.30. The number of phosphoric acid groups is 1. The molecule has 0 radical (unpaired) electrons. The molecule has 0 aromatic rings. The van der Waals surface area contributed by atoms with Gasteiger partial charge in [0.1, 0.15) is 13.2 Å². The topological polar surface area (TPSA) is 105 Å². The lowest BCUT2D eigenvalue weighted by Gasteiger charge is -2.25. The van der Waals surface area contributed by atoms with Crippen LogP contribution in [0, 0.1) is 0 Å². The maximum Gasteiger partial charge on any atom is 0.472 e. The average molecular weight is 970 g/mol. The number of nitrogens with zero attached hydrogens (tertiary/aromatic N) is 1. The summed E-state index contributed by atoms with van der Waals surface area (Å²) in [7, 11) is 1.53. The molecule has 3 atom stereocenters. The Morgan fingerprint density at radius 3 is 1.35 bits per heavy atom. The summed E-state index contributed by atoms with van der Waals surface area (Å²) in [5.74, 6) is -0.201. The van der Waals surface area contributed by atoms with Gasteiger partial charge in [-0.3, -0.25) is 13.8 Å². The minimum atomic E-state index is -4.37. The Bertz CT molecular complexity index is 1420. The van der Waals surface area contributed by atoms with E-state index in [9.17, 15) is 19.4 Å². The first kappa shape index (κ1) is 65.4. The highest BCUT2D eigenvalue weighted by atomic mass is 31.2. The largest absolute Gasteiger partial charge is 0.472 e. The van der Waals surface area contributed by atoms with Gasteiger partial charge >= 0.3 is 7.82 Å². The second-order valence-electron chi connectivity index (χ2n) is 19.6. The molecule has 0 spiro atoms. The fourth-order valence-corrected chi connectivity index (χ4v) is 8.19. The second kappa shape index (κ2) is 49.4. The van der Waals surface area contributed by atoms with Crippen LogP contribution in [0.2, 0.25) is 0 Å². The van der Waals surface area contributed by atoms with Gasteiger partial charge in [-0.15, -0.1) is 0 Å². The van der Waals surface area contributed by atoms with Gasteiger partial charge in [-0.2, -0.15) is 0 Å². The number of quaternary nitrogens is 1. The number of carbonyl (C=O) groups is 1. The zero-order valence-corrected chi connectivity index (χ0v) is 45.5. The van der Waals surface area contributed by atoms with Crippen LogP contribution >= 0.6 is 7.82 Å². The molecule has 0 rings (SSSR count). The molecule has 392 valence electrons. The van der Waals surface area contributed by atoms with Crippen molar-refractivity contribution in [2.75, 3.05) is 40.9 Å². The fourth-order valence-electron chi connectivity index (χ4n) is 7.45. The standard InChI is InChI=1S/C59H105N2O6P/c1-6-8-10-12-14-16-18-20-22-24-26-28-29-30-31-33-35-37-39-41-43-45-47-49-51-53-59(63)60-57(56-67-68(64,65)66-55-54-61(3,4)5)58(62)52-50-48-46-44-42-40-38-36-34-32-27-25-23-21-19-17-15-13-11-9-7-2/h8,10,14,16,20,22,26,28,30-31,34,36,42,44,50,52,57-58,62H,6-7,9,11-13,15,17-19,21,23-25,27,29,32-33,35,37-41,43,45-49,51,53-56H2,1-5H3,(H-,60,63,64,65)/p+1/b10-8-,16-14-,22-20-,28-26-,31-30-,36-34+,44-42+,52-50+. The predicted octanol–water partition coefficient (Wildman–Crippen LogP) is 16.6. The summed E-state index contributed by atoms with van der Waals surface area (Å²) in [6.07, 6.45) is 70.7. The molecule has 0 aromatic carbocycles. The van der Waals surface area contributed by atoms with Crippen molar-refractivity contribution in [3.05, 3.63) is 97.2 Å². The zero-order valence-electron chi connectivity index (χ0n) is 44.6. The van der Waals surface area contributed by atoms with Crippen LogP contribution in [0.3, 0.4) is 0 Å². The summed E-state index contributed by atoms with van der Waals surface area (Å²) in [5, 5.41) is 13.9. The highest BCUT2D eigenvalue weighted by molar-refractivity contribution is 7.47. The van der Waals surface area contributed by atoms with Crippen molar-refractivity contribution in [3.63, 3.8) is 0 Å². The molecule has 0 aliphatic rings. The summed E-state index contributed by atoms with van der Waals surface area (Å²) in [6, 6.07) is -0.880. The van der Waals surface area contributed by atoms with Gasteiger partial charge in [0.05, 0.1) is 39.9 Å². The Morgan fingerprint density at radius 1 is 0.515 bits per heavy atom. The van der Waals surface area contributed by atoms with Crippen molar-refractivity contribution in [2.24, 2.45) is 0 Å². The first-order chi connectivity index (χ1) is 33.0. The molecule has 1 amide bonds. The maximum atomic E-state index is 13.0. The summed E-state index contributed by atoms with van der Waals surface area (Å²) in [5.41, 5.74) is 0. The zero-order chi connectivity index (χ0) is 49.9. The van der Waals surface area contributed by atoms with Crippen LogP contribution in [-0.4, -0.2) is 73.4 Å². The molecule has 0 aliphatic carbocycles. The maximum absolute atomic E-state index is 13.0. The van der Waals surface area contributed by atoms with E-state index in [2.05, 4.69) is 104 Å². The van der Waals surface area contributed by atoms with Crippen LogP contribution in [0.1, 0.15) is 219 Å². The lowest BCUT2D eigenvalue weighted by molar-refractivity contribution is -0.870. The molecule has 9 heteroatoms. The van der Waals surface area contributed by atoms with E-state index >= 15 is 0 Å². The number of unbranched alkanes of at least 4 members (excludes halogenated alkanes) is 22. The summed E-state index contributed by atoms with van der Waals surface area (Å²) in [6.45, 7) is 4.66. The molecule has 0 aliphatic heterocycles. The molecule has 0 saturated heterocycles. The molecule has 0 bridgehead atoms. The Balaban J connectivity index is 4.36. The van der Waals surface area contributed by atoms with Crippen LogP contribution in [0.5, 0.6) is 0 Å². The Labute approximate surface area is 419 Å². The Hall–Kier alpha value is -2.58. The first-order valence-electron chi connectivity index (χ1n) is 27.6. The van der Waals surface area contributed by atoms with Crippen molar-refractivity contribution in [2.45, 2.75) is 231 Å². The van der Waals surface area contributed by atoms with Gasteiger partial charge in [-0.05, 0) is 89.9 Å². The van der Waals surface area contributed by atoms with Crippen LogP contribution in [0.15, 0.2) is 97.2 Å². The van der Waals surface area contributed by atoms with Gasteiger partial charge in [0.25, 0.3) is 0 Å². The molecule has 68 heavy (non-hydrogen) atoms. The summed E-state index contributed by atoms with van der Waals surface area (Å²) >= 11 is 0. The molecular formula is C59H106N2O6P+. The lowest BCUT2D eigenvalue weighted by Crippen LogP contribution is -2.45. The third kappa shape index (κ3) is 51.3. The van der Waals surface area contributed by atoms with Crippen LogP contribution in [-0.2, 0) is 18.4 Å². The minimum absolute atomic E-state index is 0.0474. The molecule has 0 heterocycles. The van der Waals surface area contributed by atoms with E-state index in [4.69, 9.17) is 9.05 Å². The van der Waals surface area contributed by atoms with Crippen molar-refractivity contribution >= 4 is 13.7 Å². The number of hydrogen-bond donors (Lipinski definition) is 3. The van der Waals surface area contributed by atoms with E-state index < -0.39 is 20.0 Å². The number of aliphatic hydroxyl groups is 1. The number of amides is 1. The van der Waals surface area contributed by atoms with Gasteiger partial charge in [-0.1, -0.05) is 220 Å². The van der Waals surface area contributed by atoms with Gasteiger partial charge < -0.3 is 19.8 Å². The van der Waals surface area contributed by atoms with E-state index in [-0.39, 0.29) is 19.1 Å². The summed E-state index contributed by atoms with van der Waals surface area (Å²) in [4.78, 5) is 23.3. The molecule has 0 saturated carbocycles. The highest BCUT2D eigenvalue weighted by Crippen LogP contribution is 2.43. The molecule has 3 unspecified atom stereocenters. The van der Waals surface area contributed by atoms with Crippen molar-refractivity contribution in [1.82, 2.24) is 5.32 Å². The number of likely N-dealkylation sites (N-methyl/N-ethyl adjacent to an activating group) is 1. The Kier molecular flexibility index (Phi) is 47.5. The van der Waals surface area contributed by atoms with Crippen LogP contribution < -0.4 is 5.32 Å². The van der Waals surface area contributed by atoms with Gasteiger partial charge in [-0.25, -0.2) is 4.57 Å². The number of carbonyl (C=O) groups excluding carboxylic acids is 1. The van der Waals surface area contributed by atoms with Gasteiger partial charge in [0.2, 0.25) is 5.91 Å². The van der Waals surface area contributed by atoms with Crippen LogP contribution in [0.25, 0.3) is 0 Å². The number of hydrogen-bond acceptors (Lipinski definition) is 5. The predicted molar refractivity (Wildman–Crippen MR) is 295 cm³/mol. The molecule has 8 nitrogen and oxygen atoms in total. The third-order valence-electron chi connectivity index (χ3n) is 11.8. The molecule has 0 fully saturated rings. The van der Waals surface area contributed by atoms with E-state index in [1.807, 2.05) is 27.2 Å². The molecule has 0 aromatic heterocycles. The number of nitrogens with one attached hydrogen (secondary N) is 1. The highest BCUT2D eigenvalue weighted by Gasteiger charge is 2.27. The normalized spacial score (nSPS) is 14.8. The first-order valence-corrected chi connectivity index (χ1v) is 29.1. The monoisotopic (exact) mass is 970 g/mol. The van der Waals surface area contributed by atoms with E-state index in [0.717, 1.165) is 83.5 Å². The molecular weight excluding hydrogens is 864 g/mol. The van der Waals surface area contributed by atoms with Crippen molar-refractivity contribution in [3.8, 4) is 0 Å².